The molecule has 0 aliphatic carbocycles. The summed E-state index contributed by atoms with van der Waals surface area (Å²) in [5.41, 5.74) is 0.792. The van der Waals surface area contributed by atoms with Crippen molar-refractivity contribution < 1.29 is 9.21 Å². The van der Waals surface area contributed by atoms with E-state index in [4.69, 9.17) is 4.42 Å². The Morgan fingerprint density at radius 3 is 3.21 bits per heavy atom. The standard InChI is InChI=1S/C10H10N2O2/c1-7(13)12-6-9-4-8-5-11-3-2-10(8)14-9/h2-5H,6H2,1H3,(H,12,13). The van der Waals surface area contributed by atoms with Gasteiger partial charge in [0.25, 0.3) is 0 Å². The fourth-order valence-electron chi connectivity index (χ4n) is 1.24. The minimum Gasteiger partial charge on any atom is -0.459 e. The third-order valence-corrected chi connectivity index (χ3v) is 1.88. The van der Waals surface area contributed by atoms with Crippen molar-refractivity contribution in [2.75, 3.05) is 0 Å². The number of nitrogens with zero attached hydrogens (tertiary/aromatic N) is 1. The topological polar surface area (TPSA) is 55.1 Å². The number of hydrogen-bond acceptors (Lipinski definition) is 3. The van der Waals surface area contributed by atoms with Gasteiger partial charge >= 0.3 is 0 Å². The van der Waals surface area contributed by atoms with Crippen molar-refractivity contribution in [2.45, 2.75) is 13.5 Å². The highest BCUT2D eigenvalue weighted by Gasteiger charge is 2.02. The molecule has 1 amide bonds. The lowest BCUT2D eigenvalue weighted by atomic mass is 10.3. The number of rotatable bonds is 2. The van der Waals surface area contributed by atoms with Crippen molar-refractivity contribution >= 4 is 16.9 Å². The van der Waals surface area contributed by atoms with Gasteiger partial charge in [0.1, 0.15) is 11.3 Å². The van der Waals surface area contributed by atoms with Crippen LogP contribution in [0.1, 0.15) is 12.7 Å². The zero-order valence-electron chi connectivity index (χ0n) is 7.78. The molecule has 0 spiro atoms. The zero-order chi connectivity index (χ0) is 9.97. The van der Waals surface area contributed by atoms with E-state index in [0.29, 0.717) is 6.54 Å². The Bertz CT molecular complexity index is 429. The fraction of sp³-hybridized carbons (Fsp3) is 0.200. The second-order valence-electron chi connectivity index (χ2n) is 3.04. The Morgan fingerprint density at radius 1 is 1.64 bits per heavy atom. The summed E-state index contributed by atoms with van der Waals surface area (Å²) in [6, 6.07) is 3.67. The number of fused-ring (bicyclic) bond motifs is 1. The molecule has 0 aliphatic heterocycles. The highest BCUT2D eigenvalue weighted by Crippen LogP contribution is 2.17. The fourth-order valence-corrected chi connectivity index (χ4v) is 1.24. The third-order valence-electron chi connectivity index (χ3n) is 1.88. The van der Waals surface area contributed by atoms with Crippen LogP contribution in [-0.4, -0.2) is 10.9 Å². The summed E-state index contributed by atoms with van der Waals surface area (Å²) in [7, 11) is 0. The van der Waals surface area contributed by atoms with Gasteiger partial charge in [-0.15, -0.1) is 0 Å². The molecule has 72 valence electrons. The van der Waals surface area contributed by atoms with Gasteiger partial charge in [0.15, 0.2) is 0 Å². The van der Waals surface area contributed by atoms with Crippen LogP contribution in [-0.2, 0) is 11.3 Å². The summed E-state index contributed by atoms with van der Waals surface area (Å²) in [5, 5.41) is 3.62. The average molecular weight is 190 g/mol. The first-order valence-electron chi connectivity index (χ1n) is 4.32. The van der Waals surface area contributed by atoms with Crippen molar-refractivity contribution in [2.24, 2.45) is 0 Å². The molecule has 0 aromatic carbocycles. The zero-order valence-corrected chi connectivity index (χ0v) is 7.78. The molecule has 0 atom stereocenters. The number of carbonyl (C=O) groups excluding carboxylic acids is 1. The van der Waals surface area contributed by atoms with E-state index in [1.165, 1.54) is 6.92 Å². The lowest BCUT2D eigenvalue weighted by Gasteiger charge is -1.95. The normalized spacial score (nSPS) is 10.4. The monoisotopic (exact) mass is 190 g/mol. The molecule has 0 fully saturated rings. The number of amides is 1. The van der Waals surface area contributed by atoms with E-state index in [9.17, 15) is 4.79 Å². The van der Waals surface area contributed by atoms with Crippen LogP contribution < -0.4 is 5.32 Å². The van der Waals surface area contributed by atoms with E-state index in [2.05, 4.69) is 10.3 Å². The predicted octanol–water partition coefficient (Wildman–Crippen LogP) is 1.46. The Hall–Kier alpha value is -1.84. The smallest absolute Gasteiger partial charge is 0.217 e. The van der Waals surface area contributed by atoms with Gasteiger partial charge in [-0.3, -0.25) is 9.78 Å². The van der Waals surface area contributed by atoms with Gasteiger partial charge < -0.3 is 9.73 Å². The van der Waals surface area contributed by atoms with E-state index in [-0.39, 0.29) is 5.91 Å². The minimum atomic E-state index is -0.0661. The largest absolute Gasteiger partial charge is 0.459 e. The lowest BCUT2D eigenvalue weighted by molar-refractivity contribution is -0.119. The number of aromatic nitrogens is 1. The molecule has 0 saturated heterocycles. The van der Waals surface area contributed by atoms with Gasteiger partial charge in [-0.25, -0.2) is 0 Å². The summed E-state index contributed by atoms with van der Waals surface area (Å²) >= 11 is 0. The third kappa shape index (κ3) is 1.74. The number of hydrogen-bond donors (Lipinski definition) is 1. The van der Waals surface area contributed by atoms with E-state index in [1.54, 1.807) is 18.5 Å². The van der Waals surface area contributed by atoms with E-state index in [1.807, 2.05) is 6.07 Å². The molecule has 2 rings (SSSR count). The molecule has 0 radical (unpaired) electrons. The maximum Gasteiger partial charge on any atom is 0.217 e. The van der Waals surface area contributed by atoms with Crippen LogP contribution in [0.25, 0.3) is 11.0 Å². The van der Waals surface area contributed by atoms with Crippen molar-refractivity contribution in [3.8, 4) is 0 Å². The number of furan rings is 1. The highest BCUT2D eigenvalue weighted by molar-refractivity contribution is 5.77. The van der Waals surface area contributed by atoms with Gasteiger partial charge in [0.2, 0.25) is 5.91 Å². The van der Waals surface area contributed by atoms with Gasteiger partial charge in [0, 0.05) is 24.7 Å². The molecule has 0 unspecified atom stereocenters. The molecule has 4 nitrogen and oxygen atoms in total. The van der Waals surface area contributed by atoms with Gasteiger partial charge in [-0.2, -0.15) is 0 Å². The number of pyridine rings is 1. The van der Waals surface area contributed by atoms with Crippen LogP contribution in [0.15, 0.2) is 28.9 Å². The van der Waals surface area contributed by atoms with Crippen LogP contribution in [0.2, 0.25) is 0 Å². The quantitative estimate of drug-likeness (QED) is 0.780. The number of carbonyl (C=O) groups is 1. The molecule has 2 aromatic rings. The van der Waals surface area contributed by atoms with E-state index >= 15 is 0 Å². The summed E-state index contributed by atoms with van der Waals surface area (Å²) < 4.78 is 5.46. The Balaban J connectivity index is 2.22. The molecular formula is C10H10N2O2. The Labute approximate surface area is 80.9 Å². The van der Waals surface area contributed by atoms with Gasteiger partial charge in [0.05, 0.1) is 6.54 Å². The van der Waals surface area contributed by atoms with E-state index < -0.39 is 0 Å². The summed E-state index contributed by atoms with van der Waals surface area (Å²) in [4.78, 5) is 14.6. The molecule has 0 saturated carbocycles. The predicted molar refractivity (Wildman–Crippen MR) is 51.5 cm³/mol. The van der Waals surface area contributed by atoms with Crippen molar-refractivity contribution in [3.63, 3.8) is 0 Å². The second kappa shape index (κ2) is 3.49. The van der Waals surface area contributed by atoms with Crippen LogP contribution >= 0.6 is 0 Å². The molecule has 1 N–H and O–H groups in total. The van der Waals surface area contributed by atoms with Gasteiger partial charge in [-0.1, -0.05) is 0 Å². The van der Waals surface area contributed by atoms with Gasteiger partial charge in [-0.05, 0) is 12.1 Å². The van der Waals surface area contributed by atoms with Crippen molar-refractivity contribution in [1.82, 2.24) is 10.3 Å². The van der Waals surface area contributed by atoms with Crippen molar-refractivity contribution in [1.29, 1.82) is 0 Å². The lowest BCUT2D eigenvalue weighted by Crippen LogP contribution is -2.18. The van der Waals surface area contributed by atoms with E-state index in [0.717, 1.165) is 16.7 Å². The molecule has 2 aromatic heterocycles. The maximum absolute atomic E-state index is 10.7. The average Bonchev–Trinajstić information content (AvgIpc) is 2.57. The number of nitrogens with one attached hydrogen (secondary N) is 1. The molecular weight excluding hydrogens is 180 g/mol. The SMILES string of the molecule is CC(=O)NCc1cc2cnccc2o1. The summed E-state index contributed by atoms with van der Waals surface area (Å²) in [5.74, 6) is 0.673. The molecule has 2 heterocycles. The Morgan fingerprint density at radius 2 is 2.50 bits per heavy atom. The first-order chi connectivity index (χ1) is 6.75. The van der Waals surface area contributed by atoms with Crippen LogP contribution in [0.5, 0.6) is 0 Å². The molecule has 4 heteroatoms. The van der Waals surface area contributed by atoms with Crippen LogP contribution in [0.4, 0.5) is 0 Å². The Kier molecular flexibility index (Phi) is 2.18. The van der Waals surface area contributed by atoms with Crippen molar-refractivity contribution in [3.05, 3.63) is 30.3 Å². The first kappa shape index (κ1) is 8.74. The molecule has 0 bridgehead atoms. The summed E-state index contributed by atoms with van der Waals surface area (Å²) in [6.45, 7) is 1.90. The van der Waals surface area contributed by atoms with Crippen LogP contribution in [0.3, 0.4) is 0 Å². The first-order valence-corrected chi connectivity index (χ1v) is 4.32. The highest BCUT2D eigenvalue weighted by atomic mass is 16.3. The second-order valence-corrected chi connectivity index (χ2v) is 3.04. The molecule has 14 heavy (non-hydrogen) atoms. The molecule has 0 aliphatic rings. The van der Waals surface area contributed by atoms with Crippen LogP contribution in [0, 0.1) is 0 Å². The minimum absolute atomic E-state index is 0.0661. The maximum atomic E-state index is 10.7. The summed E-state index contributed by atoms with van der Waals surface area (Å²) in [6.07, 6.45) is 3.41.